The Hall–Kier alpha value is -1.38. The van der Waals surface area contributed by atoms with Gasteiger partial charge in [-0.1, -0.05) is 46.9 Å². The summed E-state index contributed by atoms with van der Waals surface area (Å²) in [5.74, 6) is -1.59. The van der Waals surface area contributed by atoms with Crippen molar-refractivity contribution in [1.29, 1.82) is 0 Å². The van der Waals surface area contributed by atoms with Crippen molar-refractivity contribution in [2.45, 2.75) is 9.96 Å². The van der Waals surface area contributed by atoms with E-state index in [2.05, 4.69) is 5.32 Å². The van der Waals surface area contributed by atoms with Crippen molar-refractivity contribution in [3.05, 3.63) is 35.4 Å². The third-order valence-corrected chi connectivity index (χ3v) is 5.01. The van der Waals surface area contributed by atoms with E-state index in [9.17, 15) is 14.4 Å². The molecule has 1 fully saturated rings. The van der Waals surface area contributed by atoms with Gasteiger partial charge in [0.05, 0.1) is 24.3 Å². The van der Waals surface area contributed by atoms with Gasteiger partial charge >= 0.3 is 0 Å². The third kappa shape index (κ3) is 3.97. The number of carbonyl (C=O) groups is 3. The number of nitrogens with one attached hydrogen (secondary N) is 2. The number of imide groups is 1. The Bertz CT molecular complexity index is 697. The van der Waals surface area contributed by atoms with Crippen molar-refractivity contribution in [2.75, 3.05) is 32.8 Å². The Balaban J connectivity index is 1.69. The maximum Gasteiger partial charge on any atom is 0.262 e. The minimum absolute atomic E-state index is 0.280. The number of halogens is 3. The number of nitrogens with zero attached hydrogens (tertiary/aromatic N) is 1. The Morgan fingerprint density at radius 1 is 1.15 bits per heavy atom. The lowest BCUT2D eigenvalue weighted by Gasteiger charge is -2.35. The minimum atomic E-state index is -1.75. The van der Waals surface area contributed by atoms with Crippen molar-refractivity contribution < 1.29 is 24.0 Å². The molecule has 0 unspecified atom stereocenters. The smallest absolute Gasteiger partial charge is 0.262 e. The van der Waals surface area contributed by atoms with Crippen LogP contribution in [0.15, 0.2) is 24.3 Å². The van der Waals surface area contributed by atoms with Crippen molar-refractivity contribution in [1.82, 2.24) is 10.2 Å². The van der Waals surface area contributed by atoms with Crippen LogP contribution >= 0.6 is 34.8 Å². The number of quaternary nitrogens is 1. The standard InChI is InChI=1S/C16H16Cl3N3O4/c17-16(18,19)15(21-5-7-26-8-6-21)20-12(23)9-22-13(24)10-3-1-2-4-11(10)14(22)25/h1-4,15H,5-9H2,(H,20,23)/p+1/t15-/m0/s1. The monoisotopic (exact) mass is 420 g/mol. The molecule has 7 nitrogen and oxygen atoms in total. The number of alkyl halides is 3. The van der Waals surface area contributed by atoms with Gasteiger partial charge in [0.1, 0.15) is 19.6 Å². The maximum atomic E-state index is 12.5. The number of hydrogen-bond acceptors (Lipinski definition) is 4. The van der Waals surface area contributed by atoms with Crippen LogP contribution < -0.4 is 10.2 Å². The predicted molar refractivity (Wildman–Crippen MR) is 95.5 cm³/mol. The van der Waals surface area contributed by atoms with Crippen LogP contribution in [-0.4, -0.2) is 65.4 Å². The first-order valence-electron chi connectivity index (χ1n) is 8.02. The van der Waals surface area contributed by atoms with Gasteiger partial charge < -0.3 is 15.0 Å². The molecular weight excluding hydrogens is 405 g/mol. The SMILES string of the molecule is O=C(CN1C(=O)c2ccccc2C1=O)N[C@@H]([NH+]1CCOCC1)C(Cl)(Cl)Cl. The van der Waals surface area contributed by atoms with E-state index in [1.165, 1.54) is 0 Å². The molecule has 2 heterocycles. The molecule has 1 aromatic rings. The van der Waals surface area contributed by atoms with E-state index < -0.39 is 34.2 Å². The van der Waals surface area contributed by atoms with E-state index in [4.69, 9.17) is 39.5 Å². The zero-order valence-corrected chi connectivity index (χ0v) is 15.9. The summed E-state index contributed by atoms with van der Waals surface area (Å²) in [4.78, 5) is 38.9. The highest BCUT2D eigenvalue weighted by atomic mass is 35.6. The maximum absolute atomic E-state index is 12.5. The molecule has 26 heavy (non-hydrogen) atoms. The molecule has 10 heteroatoms. The molecule has 2 aliphatic heterocycles. The molecule has 2 aliphatic rings. The van der Waals surface area contributed by atoms with Crippen LogP contribution in [0.2, 0.25) is 0 Å². The Labute approximate surface area is 165 Å². The van der Waals surface area contributed by atoms with Gasteiger partial charge in [0.2, 0.25) is 12.1 Å². The van der Waals surface area contributed by atoms with Crippen LogP contribution in [0.1, 0.15) is 20.7 Å². The van der Waals surface area contributed by atoms with Crippen LogP contribution in [0.4, 0.5) is 0 Å². The summed E-state index contributed by atoms with van der Waals surface area (Å²) in [5.41, 5.74) is 0.559. The number of carbonyl (C=O) groups excluding carboxylic acids is 3. The summed E-state index contributed by atoms with van der Waals surface area (Å²) in [6.07, 6.45) is -0.820. The average molecular weight is 422 g/mol. The number of amides is 3. The second-order valence-electron chi connectivity index (χ2n) is 6.05. The predicted octanol–water partition coefficient (Wildman–Crippen LogP) is 0.0102. The molecule has 3 amide bonds. The van der Waals surface area contributed by atoms with E-state index >= 15 is 0 Å². The van der Waals surface area contributed by atoms with E-state index in [-0.39, 0.29) is 11.1 Å². The molecule has 0 bridgehead atoms. The summed E-state index contributed by atoms with van der Waals surface area (Å²) in [7, 11) is 0. The molecule has 1 aromatic carbocycles. The van der Waals surface area contributed by atoms with Gasteiger partial charge in [-0.3, -0.25) is 19.3 Å². The van der Waals surface area contributed by atoms with Gasteiger partial charge in [0.15, 0.2) is 0 Å². The molecule has 2 N–H and O–H groups in total. The quantitative estimate of drug-likeness (QED) is 0.530. The van der Waals surface area contributed by atoms with Crippen molar-refractivity contribution >= 4 is 52.5 Å². The first kappa shape index (κ1) is 19.4. The van der Waals surface area contributed by atoms with Crippen LogP contribution in [0, 0.1) is 0 Å². The summed E-state index contributed by atoms with van der Waals surface area (Å²) < 4.78 is 3.53. The van der Waals surface area contributed by atoms with Gasteiger partial charge in [-0.2, -0.15) is 0 Å². The lowest BCUT2D eigenvalue weighted by molar-refractivity contribution is -0.934. The molecule has 1 saturated heterocycles. The third-order valence-electron chi connectivity index (χ3n) is 4.36. The summed E-state index contributed by atoms with van der Waals surface area (Å²) in [5, 5.41) is 2.65. The number of hydrogen-bond donors (Lipinski definition) is 2. The first-order valence-corrected chi connectivity index (χ1v) is 9.16. The molecule has 0 radical (unpaired) electrons. The zero-order valence-electron chi connectivity index (χ0n) is 13.6. The molecule has 0 aliphatic carbocycles. The van der Waals surface area contributed by atoms with Gasteiger partial charge in [-0.15, -0.1) is 0 Å². The van der Waals surface area contributed by atoms with Crippen LogP contribution in [0.5, 0.6) is 0 Å². The van der Waals surface area contributed by atoms with E-state index in [1.807, 2.05) is 0 Å². The van der Waals surface area contributed by atoms with Gasteiger partial charge in [-0.05, 0) is 12.1 Å². The Morgan fingerprint density at radius 3 is 2.19 bits per heavy atom. The number of fused-ring (bicyclic) bond motifs is 1. The molecule has 0 saturated carbocycles. The van der Waals surface area contributed by atoms with Crippen LogP contribution in [0.25, 0.3) is 0 Å². The second kappa shape index (κ2) is 7.70. The lowest BCUT2D eigenvalue weighted by atomic mass is 10.1. The molecule has 140 valence electrons. The molecule has 1 atom stereocenters. The van der Waals surface area contributed by atoms with Crippen molar-refractivity contribution in [2.24, 2.45) is 0 Å². The number of rotatable bonds is 4. The Morgan fingerprint density at radius 2 is 1.69 bits per heavy atom. The topological polar surface area (TPSA) is 80.2 Å². The molecule has 0 aromatic heterocycles. The fraction of sp³-hybridized carbons (Fsp3) is 0.438. The lowest BCUT2D eigenvalue weighted by Crippen LogP contribution is -3.21. The summed E-state index contributed by atoms with van der Waals surface area (Å²) in [6.45, 7) is 1.66. The highest BCUT2D eigenvalue weighted by Crippen LogP contribution is 2.28. The molecule has 0 spiro atoms. The van der Waals surface area contributed by atoms with Crippen LogP contribution in [0.3, 0.4) is 0 Å². The zero-order chi connectivity index (χ0) is 18.9. The number of benzene rings is 1. The van der Waals surface area contributed by atoms with E-state index in [1.54, 1.807) is 24.3 Å². The number of morpholine rings is 1. The van der Waals surface area contributed by atoms with Gasteiger partial charge in [0.25, 0.3) is 15.6 Å². The molecule has 3 rings (SSSR count). The highest BCUT2D eigenvalue weighted by molar-refractivity contribution is 6.68. The van der Waals surface area contributed by atoms with E-state index in [0.29, 0.717) is 26.3 Å². The van der Waals surface area contributed by atoms with E-state index in [0.717, 1.165) is 9.80 Å². The average Bonchev–Trinajstić information content (AvgIpc) is 2.85. The normalized spacial score (nSPS) is 19.4. The largest absolute Gasteiger partial charge is 0.370 e. The summed E-state index contributed by atoms with van der Waals surface area (Å²) in [6, 6.07) is 6.42. The highest BCUT2D eigenvalue weighted by Gasteiger charge is 2.44. The number of ether oxygens (including phenoxy) is 1. The summed E-state index contributed by atoms with van der Waals surface area (Å²) >= 11 is 18.1. The van der Waals surface area contributed by atoms with Gasteiger partial charge in [0, 0.05) is 0 Å². The molecular formula is C16H17Cl3N3O4+. The van der Waals surface area contributed by atoms with Crippen LogP contribution in [-0.2, 0) is 9.53 Å². The second-order valence-corrected chi connectivity index (χ2v) is 8.42. The fourth-order valence-corrected chi connectivity index (χ4v) is 3.70. The van der Waals surface area contributed by atoms with Gasteiger partial charge in [-0.25, -0.2) is 0 Å². The first-order chi connectivity index (χ1) is 12.3. The fourth-order valence-electron chi connectivity index (χ4n) is 3.07. The minimum Gasteiger partial charge on any atom is -0.370 e. The Kier molecular flexibility index (Phi) is 5.74. The van der Waals surface area contributed by atoms with Crippen molar-refractivity contribution in [3.63, 3.8) is 0 Å². The van der Waals surface area contributed by atoms with Crippen molar-refractivity contribution in [3.8, 4) is 0 Å².